The summed E-state index contributed by atoms with van der Waals surface area (Å²) < 4.78 is 1.78. The molecule has 128 valence electrons. The van der Waals surface area contributed by atoms with Crippen LogP contribution in [0.4, 0.5) is 0 Å². The lowest BCUT2D eigenvalue weighted by Crippen LogP contribution is -2.34. The zero-order chi connectivity index (χ0) is 16.9. The average molecular weight is 347 g/mol. The van der Waals surface area contributed by atoms with Crippen LogP contribution in [0.25, 0.3) is 5.52 Å². The highest BCUT2D eigenvalue weighted by atomic mass is 35.5. The van der Waals surface area contributed by atoms with E-state index in [4.69, 9.17) is 16.6 Å². The summed E-state index contributed by atoms with van der Waals surface area (Å²) in [6.07, 6.45) is 6.70. The summed E-state index contributed by atoms with van der Waals surface area (Å²) in [6.45, 7) is 6.74. The lowest BCUT2D eigenvalue weighted by molar-refractivity contribution is 0.602. The van der Waals surface area contributed by atoms with Gasteiger partial charge >= 0.3 is 0 Å². The summed E-state index contributed by atoms with van der Waals surface area (Å²) in [4.78, 5) is 4.75. The zero-order valence-electron chi connectivity index (χ0n) is 14.0. The maximum Gasteiger partial charge on any atom is 0.142 e. The Bertz CT molecular complexity index is 758. The Morgan fingerprint density at radius 3 is 3.00 bits per heavy atom. The third-order valence-electron chi connectivity index (χ3n) is 3.97. The van der Waals surface area contributed by atoms with Gasteiger partial charge in [-0.15, -0.1) is 0 Å². The van der Waals surface area contributed by atoms with Crippen molar-refractivity contribution in [3.05, 3.63) is 47.1 Å². The maximum absolute atomic E-state index is 6.00. The molecule has 2 aromatic heterocycles. The first-order valence-corrected chi connectivity index (χ1v) is 8.79. The molecule has 0 spiro atoms. The summed E-state index contributed by atoms with van der Waals surface area (Å²) in [5.41, 5.74) is 3.02. The number of nitrogens with one attached hydrogen (secondary N) is 3. The molecule has 0 saturated carbocycles. The molecule has 24 heavy (non-hydrogen) atoms. The summed E-state index contributed by atoms with van der Waals surface area (Å²) in [6, 6.07) is 4.29. The predicted octanol–water partition coefficient (Wildman–Crippen LogP) is 2.16. The third kappa shape index (κ3) is 3.55. The van der Waals surface area contributed by atoms with E-state index in [0.717, 1.165) is 42.1 Å². The number of aliphatic imine (C=N–C) groups is 1. The third-order valence-corrected chi connectivity index (χ3v) is 4.19. The van der Waals surface area contributed by atoms with Crippen LogP contribution in [0.1, 0.15) is 25.8 Å². The molecule has 0 aromatic carbocycles. The van der Waals surface area contributed by atoms with Crippen LogP contribution in [0.2, 0.25) is 5.02 Å². The van der Waals surface area contributed by atoms with E-state index < -0.39 is 0 Å². The van der Waals surface area contributed by atoms with Crippen LogP contribution in [-0.4, -0.2) is 41.0 Å². The van der Waals surface area contributed by atoms with Gasteiger partial charge in [0.05, 0.1) is 29.0 Å². The number of pyridine rings is 1. The van der Waals surface area contributed by atoms with Crippen molar-refractivity contribution in [2.75, 3.05) is 19.6 Å². The molecule has 0 bridgehead atoms. The van der Waals surface area contributed by atoms with Gasteiger partial charge in [0.2, 0.25) is 0 Å². The van der Waals surface area contributed by atoms with Crippen LogP contribution < -0.4 is 16.0 Å². The minimum atomic E-state index is 0.443. The van der Waals surface area contributed by atoms with E-state index in [9.17, 15) is 0 Å². The Morgan fingerprint density at radius 1 is 1.33 bits per heavy atom. The van der Waals surface area contributed by atoms with Gasteiger partial charge in [-0.25, -0.2) is 9.51 Å². The van der Waals surface area contributed by atoms with Crippen molar-refractivity contribution in [2.45, 2.75) is 26.3 Å². The fourth-order valence-corrected chi connectivity index (χ4v) is 3.01. The molecule has 2 aromatic rings. The normalized spacial score (nSPS) is 19.9. The number of hydrogen-bond donors (Lipinski definition) is 3. The van der Waals surface area contributed by atoms with Gasteiger partial charge in [-0.1, -0.05) is 25.4 Å². The van der Waals surface area contributed by atoms with Gasteiger partial charge in [-0.05, 0) is 25.1 Å². The summed E-state index contributed by atoms with van der Waals surface area (Å²) >= 11 is 6.00. The minimum absolute atomic E-state index is 0.443. The van der Waals surface area contributed by atoms with E-state index in [0.29, 0.717) is 17.6 Å². The van der Waals surface area contributed by atoms with Crippen molar-refractivity contribution in [1.29, 1.82) is 0 Å². The molecule has 2 aliphatic heterocycles. The van der Waals surface area contributed by atoms with Crippen molar-refractivity contribution >= 4 is 22.8 Å². The second-order valence-corrected chi connectivity index (χ2v) is 5.97. The summed E-state index contributed by atoms with van der Waals surface area (Å²) in [5, 5.41) is 15.1. The zero-order valence-corrected chi connectivity index (χ0v) is 14.8. The number of rotatable bonds is 3. The van der Waals surface area contributed by atoms with E-state index in [-0.39, 0.29) is 0 Å². The van der Waals surface area contributed by atoms with Gasteiger partial charge in [-0.2, -0.15) is 5.10 Å². The standard InChI is InChI=1S/C15H17ClN6.C2H6/c16-10-1-2-14-12(6-19-22(14)9-10)13-7-18-8-15(21-13)20-11-3-4-17-5-11;1-2/h1-2,6,8-9,11,17-18,20H,3-5,7H2;1-2H3. The van der Waals surface area contributed by atoms with Crippen LogP contribution >= 0.6 is 11.6 Å². The topological polar surface area (TPSA) is 65.8 Å². The molecule has 0 radical (unpaired) electrons. The lowest BCUT2D eigenvalue weighted by atomic mass is 10.1. The first kappa shape index (κ1) is 16.8. The smallest absolute Gasteiger partial charge is 0.142 e. The Hall–Kier alpha value is -2.05. The van der Waals surface area contributed by atoms with Gasteiger partial charge < -0.3 is 16.0 Å². The average Bonchev–Trinajstić information content (AvgIpc) is 3.26. The number of nitrogens with zero attached hydrogens (tertiary/aromatic N) is 3. The Labute approximate surface area is 147 Å². The van der Waals surface area contributed by atoms with Crippen LogP contribution in [0, 0.1) is 0 Å². The number of fused-ring (bicyclic) bond motifs is 1. The molecule has 0 aliphatic carbocycles. The first-order valence-electron chi connectivity index (χ1n) is 8.41. The highest BCUT2D eigenvalue weighted by Crippen LogP contribution is 2.17. The van der Waals surface area contributed by atoms with Crippen LogP contribution in [-0.2, 0) is 0 Å². The van der Waals surface area contributed by atoms with Crippen LogP contribution in [0.3, 0.4) is 0 Å². The van der Waals surface area contributed by atoms with Crippen molar-refractivity contribution in [3.8, 4) is 0 Å². The van der Waals surface area contributed by atoms with E-state index in [2.05, 4.69) is 21.0 Å². The largest absolute Gasteiger partial charge is 0.382 e. The molecule has 3 N–H and O–H groups in total. The summed E-state index contributed by atoms with van der Waals surface area (Å²) in [7, 11) is 0. The van der Waals surface area contributed by atoms with E-state index in [1.165, 1.54) is 0 Å². The monoisotopic (exact) mass is 346 g/mol. The van der Waals surface area contributed by atoms with Gasteiger partial charge in [-0.3, -0.25) is 0 Å². The number of halogens is 1. The van der Waals surface area contributed by atoms with E-state index >= 15 is 0 Å². The second-order valence-electron chi connectivity index (χ2n) is 5.54. The van der Waals surface area contributed by atoms with Gasteiger partial charge in [0.15, 0.2) is 0 Å². The summed E-state index contributed by atoms with van der Waals surface area (Å²) in [5.74, 6) is 0.878. The molecule has 1 atom stereocenters. The molecule has 1 saturated heterocycles. The molecule has 1 unspecified atom stereocenters. The van der Waals surface area contributed by atoms with Crippen molar-refractivity contribution in [1.82, 2.24) is 25.6 Å². The molecule has 2 aliphatic rings. The van der Waals surface area contributed by atoms with E-state index in [1.54, 1.807) is 10.7 Å². The molecular weight excluding hydrogens is 324 g/mol. The molecular formula is C17H23ClN6. The van der Waals surface area contributed by atoms with Crippen molar-refractivity contribution < 1.29 is 0 Å². The maximum atomic E-state index is 6.00. The highest BCUT2D eigenvalue weighted by molar-refractivity contribution is 6.30. The fourth-order valence-electron chi connectivity index (χ4n) is 2.86. The Balaban J connectivity index is 0.000000815. The van der Waals surface area contributed by atoms with Crippen molar-refractivity contribution in [2.24, 2.45) is 4.99 Å². The quantitative estimate of drug-likeness (QED) is 0.796. The fraction of sp³-hybridized carbons (Fsp3) is 0.412. The highest BCUT2D eigenvalue weighted by Gasteiger charge is 2.18. The number of hydrogen-bond acceptors (Lipinski definition) is 5. The Kier molecular flexibility index (Phi) is 5.37. The SMILES string of the molecule is CC.Clc1ccc2c(C3=NC(NC4CCNC4)=CNC3)cnn2c1. The van der Waals surface area contributed by atoms with Crippen LogP contribution in [0.15, 0.2) is 41.5 Å². The van der Waals surface area contributed by atoms with Gasteiger partial charge in [0.25, 0.3) is 0 Å². The molecule has 0 amide bonds. The molecule has 4 rings (SSSR count). The molecule has 6 nitrogen and oxygen atoms in total. The van der Waals surface area contributed by atoms with Gasteiger partial charge in [0.1, 0.15) is 5.82 Å². The molecule has 7 heteroatoms. The molecule has 1 fully saturated rings. The first-order chi connectivity index (χ1) is 11.8. The minimum Gasteiger partial charge on any atom is -0.382 e. The second kappa shape index (κ2) is 7.68. The number of aromatic nitrogens is 2. The lowest BCUT2D eigenvalue weighted by Gasteiger charge is -2.18. The van der Waals surface area contributed by atoms with E-state index in [1.807, 2.05) is 38.4 Å². The van der Waals surface area contributed by atoms with Gasteiger partial charge in [0, 0.05) is 30.5 Å². The predicted molar refractivity (Wildman–Crippen MR) is 98.6 cm³/mol. The Morgan fingerprint density at radius 2 is 2.21 bits per heavy atom. The van der Waals surface area contributed by atoms with Crippen molar-refractivity contribution in [3.63, 3.8) is 0 Å². The van der Waals surface area contributed by atoms with Crippen LogP contribution in [0.5, 0.6) is 0 Å². The molecule has 4 heterocycles.